The van der Waals surface area contributed by atoms with Gasteiger partial charge in [-0.2, -0.15) is 0 Å². The molecule has 0 unspecified atom stereocenters. The van der Waals surface area contributed by atoms with Crippen LogP contribution >= 0.6 is 0 Å². The van der Waals surface area contributed by atoms with Gasteiger partial charge in [-0.15, -0.1) is 0 Å². The van der Waals surface area contributed by atoms with Gasteiger partial charge in [-0.1, -0.05) is 18.2 Å². The van der Waals surface area contributed by atoms with Crippen molar-refractivity contribution in [2.45, 2.75) is 12.8 Å². The minimum atomic E-state index is -0.0539. The summed E-state index contributed by atoms with van der Waals surface area (Å²) < 4.78 is 10.6. The van der Waals surface area contributed by atoms with Gasteiger partial charge in [0.1, 0.15) is 11.5 Å². The third-order valence-electron chi connectivity index (χ3n) is 4.29. The molecular weight excluding hydrogens is 304 g/mol. The lowest BCUT2D eigenvalue weighted by Gasteiger charge is -2.18. The standard InChI is InChI=1S/C19H22N2O3/c1-23-16-7-8-18(24-2)15(13-16)9-11-20-19(22)21-12-10-14-5-3-4-6-17(14)21/h3-8,13H,9-12H2,1-2H3,(H,20,22). The van der Waals surface area contributed by atoms with E-state index in [1.807, 2.05) is 36.4 Å². The molecule has 1 aliphatic rings. The van der Waals surface area contributed by atoms with Gasteiger partial charge in [-0.25, -0.2) is 4.79 Å². The maximum atomic E-state index is 12.4. The summed E-state index contributed by atoms with van der Waals surface area (Å²) in [5.74, 6) is 1.59. The van der Waals surface area contributed by atoms with Crippen LogP contribution in [0.15, 0.2) is 42.5 Å². The molecule has 5 nitrogen and oxygen atoms in total. The second-order valence-corrected chi connectivity index (χ2v) is 5.69. The molecule has 0 spiro atoms. The molecule has 0 aliphatic carbocycles. The van der Waals surface area contributed by atoms with E-state index in [1.165, 1.54) is 5.56 Å². The molecule has 1 N–H and O–H groups in total. The number of rotatable bonds is 5. The molecule has 5 heteroatoms. The first-order chi connectivity index (χ1) is 11.7. The Morgan fingerprint density at radius 1 is 1.17 bits per heavy atom. The van der Waals surface area contributed by atoms with E-state index in [1.54, 1.807) is 19.1 Å². The van der Waals surface area contributed by atoms with Crippen LogP contribution in [0.2, 0.25) is 0 Å². The van der Waals surface area contributed by atoms with Crippen LogP contribution in [0, 0.1) is 0 Å². The van der Waals surface area contributed by atoms with Crippen LogP contribution in [-0.4, -0.2) is 33.3 Å². The maximum Gasteiger partial charge on any atom is 0.321 e. The Morgan fingerprint density at radius 3 is 2.79 bits per heavy atom. The average Bonchev–Trinajstić information content (AvgIpc) is 3.05. The lowest BCUT2D eigenvalue weighted by atomic mass is 10.1. The Kier molecular flexibility index (Phi) is 4.89. The zero-order valence-corrected chi connectivity index (χ0v) is 14.0. The normalized spacial score (nSPS) is 12.7. The zero-order chi connectivity index (χ0) is 16.9. The predicted molar refractivity (Wildman–Crippen MR) is 94.1 cm³/mol. The Bertz CT molecular complexity index is 730. The minimum absolute atomic E-state index is 0.0539. The number of ether oxygens (including phenoxy) is 2. The van der Waals surface area contributed by atoms with E-state index in [0.29, 0.717) is 13.0 Å². The van der Waals surface area contributed by atoms with E-state index in [2.05, 4.69) is 11.4 Å². The molecule has 0 saturated carbocycles. The number of anilines is 1. The van der Waals surface area contributed by atoms with Gasteiger partial charge < -0.3 is 14.8 Å². The van der Waals surface area contributed by atoms with E-state index in [9.17, 15) is 4.79 Å². The van der Waals surface area contributed by atoms with Crippen molar-refractivity contribution in [1.82, 2.24) is 5.32 Å². The predicted octanol–water partition coefficient (Wildman–Crippen LogP) is 3.02. The van der Waals surface area contributed by atoms with Crippen LogP contribution in [0.3, 0.4) is 0 Å². The highest BCUT2D eigenvalue weighted by molar-refractivity contribution is 5.94. The van der Waals surface area contributed by atoms with E-state index >= 15 is 0 Å². The Labute approximate surface area is 142 Å². The van der Waals surface area contributed by atoms with Crippen molar-refractivity contribution in [2.75, 3.05) is 32.2 Å². The van der Waals surface area contributed by atoms with Crippen LogP contribution in [-0.2, 0) is 12.8 Å². The van der Waals surface area contributed by atoms with E-state index in [-0.39, 0.29) is 6.03 Å². The molecule has 126 valence electrons. The first kappa shape index (κ1) is 16.2. The molecule has 0 radical (unpaired) electrons. The Balaban J connectivity index is 1.60. The van der Waals surface area contributed by atoms with E-state index in [0.717, 1.165) is 35.7 Å². The molecule has 0 atom stereocenters. The number of benzene rings is 2. The molecule has 2 amide bonds. The second kappa shape index (κ2) is 7.25. The summed E-state index contributed by atoms with van der Waals surface area (Å²) in [5.41, 5.74) is 3.25. The number of urea groups is 1. The van der Waals surface area contributed by atoms with Crippen molar-refractivity contribution < 1.29 is 14.3 Å². The molecule has 24 heavy (non-hydrogen) atoms. The van der Waals surface area contributed by atoms with Gasteiger partial charge in [-0.3, -0.25) is 4.90 Å². The number of hydrogen-bond acceptors (Lipinski definition) is 3. The van der Waals surface area contributed by atoms with Crippen LogP contribution in [0.1, 0.15) is 11.1 Å². The fraction of sp³-hybridized carbons (Fsp3) is 0.316. The summed E-state index contributed by atoms with van der Waals surface area (Å²) in [6.45, 7) is 1.27. The quantitative estimate of drug-likeness (QED) is 0.919. The fourth-order valence-corrected chi connectivity index (χ4v) is 3.03. The number of hydrogen-bond donors (Lipinski definition) is 1. The SMILES string of the molecule is COc1ccc(OC)c(CCNC(=O)N2CCc3ccccc32)c1. The number of fused-ring (bicyclic) bond motifs is 1. The van der Waals surface area contributed by atoms with Crippen LogP contribution in [0.5, 0.6) is 11.5 Å². The summed E-state index contributed by atoms with van der Waals surface area (Å²) in [7, 11) is 3.28. The smallest absolute Gasteiger partial charge is 0.321 e. The molecule has 3 rings (SSSR count). The van der Waals surface area contributed by atoms with Gasteiger partial charge in [0.15, 0.2) is 0 Å². The molecule has 0 aromatic heterocycles. The molecule has 1 aliphatic heterocycles. The lowest BCUT2D eigenvalue weighted by molar-refractivity contribution is 0.247. The summed E-state index contributed by atoms with van der Waals surface area (Å²) in [4.78, 5) is 14.2. The third-order valence-corrected chi connectivity index (χ3v) is 4.29. The molecular formula is C19H22N2O3. The monoisotopic (exact) mass is 326 g/mol. The number of nitrogens with one attached hydrogen (secondary N) is 1. The van der Waals surface area contributed by atoms with Crippen molar-refractivity contribution in [1.29, 1.82) is 0 Å². The second-order valence-electron chi connectivity index (χ2n) is 5.69. The number of nitrogens with zero attached hydrogens (tertiary/aromatic N) is 1. The molecule has 1 heterocycles. The van der Waals surface area contributed by atoms with Crippen molar-refractivity contribution in [2.24, 2.45) is 0 Å². The van der Waals surface area contributed by atoms with Gasteiger partial charge in [0.05, 0.1) is 14.2 Å². The Morgan fingerprint density at radius 2 is 2.00 bits per heavy atom. The van der Waals surface area contributed by atoms with Gasteiger partial charge >= 0.3 is 6.03 Å². The highest BCUT2D eigenvalue weighted by Crippen LogP contribution is 2.27. The molecule has 0 bridgehead atoms. The summed E-state index contributed by atoms with van der Waals surface area (Å²) in [6, 6.07) is 13.7. The van der Waals surface area contributed by atoms with Crippen LogP contribution in [0.25, 0.3) is 0 Å². The number of amides is 2. The van der Waals surface area contributed by atoms with Gasteiger partial charge in [0, 0.05) is 18.8 Å². The van der Waals surface area contributed by atoms with Crippen molar-refractivity contribution in [3.05, 3.63) is 53.6 Å². The summed E-state index contributed by atoms with van der Waals surface area (Å²) >= 11 is 0. The van der Waals surface area contributed by atoms with Gasteiger partial charge in [-0.05, 0) is 48.2 Å². The van der Waals surface area contributed by atoms with Crippen molar-refractivity contribution in [3.8, 4) is 11.5 Å². The fourth-order valence-electron chi connectivity index (χ4n) is 3.03. The minimum Gasteiger partial charge on any atom is -0.497 e. The maximum absolute atomic E-state index is 12.4. The van der Waals surface area contributed by atoms with Gasteiger partial charge in [0.25, 0.3) is 0 Å². The molecule has 0 saturated heterocycles. The average molecular weight is 326 g/mol. The topological polar surface area (TPSA) is 50.8 Å². The largest absolute Gasteiger partial charge is 0.497 e. The summed E-state index contributed by atoms with van der Waals surface area (Å²) in [5, 5.41) is 2.99. The highest BCUT2D eigenvalue weighted by atomic mass is 16.5. The number of methoxy groups -OCH3 is 2. The van der Waals surface area contributed by atoms with E-state index < -0.39 is 0 Å². The van der Waals surface area contributed by atoms with Crippen LogP contribution in [0.4, 0.5) is 10.5 Å². The Hall–Kier alpha value is -2.69. The number of carbonyl (C=O) groups excluding carboxylic acids is 1. The third kappa shape index (κ3) is 3.30. The first-order valence-corrected chi connectivity index (χ1v) is 8.07. The lowest BCUT2D eigenvalue weighted by Crippen LogP contribution is -2.39. The summed E-state index contributed by atoms with van der Waals surface area (Å²) in [6.07, 6.45) is 1.59. The van der Waals surface area contributed by atoms with Crippen molar-refractivity contribution in [3.63, 3.8) is 0 Å². The van der Waals surface area contributed by atoms with E-state index in [4.69, 9.17) is 9.47 Å². The zero-order valence-electron chi connectivity index (χ0n) is 14.0. The van der Waals surface area contributed by atoms with Gasteiger partial charge in [0.2, 0.25) is 0 Å². The number of carbonyl (C=O) groups is 1. The number of para-hydroxylation sites is 1. The molecule has 2 aromatic rings. The highest BCUT2D eigenvalue weighted by Gasteiger charge is 2.23. The van der Waals surface area contributed by atoms with Crippen LogP contribution < -0.4 is 19.7 Å². The van der Waals surface area contributed by atoms with Crippen molar-refractivity contribution >= 4 is 11.7 Å². The molecule has 2 aromatic carbocycles. The first-order valence-electron chi connectivity index (χ1n) is 8.07. The molecule has 0 fully saturated rings.